The Kier molecular flexibility index (Phi) is 3.53. The second-order valence-electron chi connectivity index (χ2n) is 5.33. The second kappa shape index (κ2) is 5.32. The largest absolute Gasteiger partial charge is 0.494 e. The minimum absolute atomic E-state index is 0.561. The third kappa shape index (κ3) is 2.12. The SMILES string of the molecule is CCN1CCCC1Cn1c(N)nc2c(OC)cccc21. The van der Waals surface area contributed by atoms with Crippen LogP contribution in [0.4, 0.5) is 5.95 Å². The first-order valence-electron chi connectivity index (χ1n) is 7.27. The van der Waals surface area contributed by atoms with Gasteiger partial charge < -0.3 is 15.0 Å². The summed E-state index contributed by atoms with van der Waals surface area (Å²) in [6.07, 6.45) is 2.51. The van der Waals surface area contributed by atoms with Gasteiger partial charge in [-0.25, -0.2) is 4.98 Å². The van der Waals surface area contributed by atoms with Crippen molar-refractivity contribution in [2.24, 2.45) is 0 Å². The topological polar surface area (TPSA) is 56.3 Å². The van der Waals surface area contributed by atoms with Gasteiger partial charge in [0.1, 0.15) is 11.3 Å². The molecule has 0 bridgehead atoms. The number of fused-ring (bicyclic) bond motifs is 1. The number of anilines is 1. The normalized spacial score (nSPS) is 19.8. The molecule has 3 rings (SSSR count). The van der Waals surface area contributed by atoms with Crippen LogP contribution < -0.4 is 10.5 Å². The molecule has 5 nitrogen and oxygen atoms in total. The van der Waals surface area contributed by atoms with Crippen molar-refractivity contribution >= 4 is 17.0 Å². The highest BCUT2D eigenvalue weighted by Crippen LogP contribution is 2.28. The van der Waals surface area contributed by atoms with Gasteiger partial charge in [0, 0.05) is 12.6 Å². The highest BCUT2D eigenvalue weighted by atomic mass is 16.5. The number of ether oxygens (including phenoxy) is 1. The van der Waals surface area contributed by atoms with E-state index in [1.165, 1.54) is 19.4 Å². The molecule has 2 N–H and O–H groups in total. The fraction of sp³-hybridized carbons (Fsp3) is 0.533. The van der Waals surface area contributed by atoms with Crippen molar-refractivity contribution in [2.45, 2.75) is 32.4 Å². The highest BCUT2D eigenvalue weighted by Gasteiger charge is 2.25. The van der Waals surface area contributed by atoms with Crippen molar-refractivity contribution in [1.29, 1.82) is 0 Å². The monoisotopic (exact) mass is 274 g/mol. The van der Waals surface area contributed by atoms with Gasteiger partial charge >= 0.3 is 0 Å². The van der Waals surface area contributed by atoms with E-state index in [1.54, 1.807) is 7.11 Å². The number of nitrogen functional groups attached to an aromatic ring is 1. The molecule has 1 unspecified atom stereocenters. The third-order valence-corrected chi connectivity index (χ3v) is 4.29. The third-order valence-electron chi connectivity index (χ3n) is 4.29. The number of methoxy groups -OCH3 is 1. The lowest BCUT2D eigenvalue weighted by Crippen LogP contribution is -2.32. The standard InChI is InChI=1S/C15H22N4O/c1-3-18-9-5-6-11(18)10-19-12-7-4-8-13(20-2)14(12)17-15(19)16/h4,7-8,11H,3,5-6,9-10H2,1-2H3,(H2,16,17). The molecular formula is C15H22N4O. The van der Waals surface area contributed by atoms with Crippen molar-refractivity contribution in [3.8, 4) is 5.75 Å². The van der Waals surface area contributed by atoms with Crippen molar-refractivity contribution in [2.75, 3.05) is 25.9 Å². The van der Waals surface area contributed by atoms with Crippen LogP contribution in [0.5, 0.6) is 5.75 Å². The van der Waals surface area contributed by atoms with Gasteiger partial charge in [-0.1, -0.05) is 13.0 Å². The van der Waals surface area contributed by atoms with E-state index in [-0.39, 0.29) is 0 Å². The predicted octanol–water partition coefficient (Wildman–Crippen LogP) is 2.11. The number of hydrogen-bond donors (Lipinski definition) is 1. The summed E-state index contributed by atoms with van der Waals surface area (Å²) in [5.41, 5.74) is 8.03. The Morgan fingerprint density at radius 2 is 2.30 bits per heavy atom. The van der Waals surface area contributed by atoms with Crippen LogP contribution in [0.15, 0.2) is 18.2 Å². The summed E-state index contributed by atoms with van der Waals surface area (Å²) in [7, 11) is 1.67. The summed E-state index contributed by atoms with van der Waals surface area (Å²) < 4.78 is 7.49. The Bertz CT molecular complexity index is 607. The summed E-state index contributed by atoms with van der Waals surface area (Å²) in [6, 6.07) is 6.54. The predicted molar refractivity (Wildman–Crippen MR) is 81.0 cm³/mol. The molecule has 2 heterocycles. The fourth-order valence-corrected chi connectivity index (χ4v) is 3.22. The smallest absolute Gasteiger partial charge is 0.201 e. The van der Waals surface area contributed by atoms with Crippen molar-refractivity contribution in [3.63, 3.8) is 0 Å². The molecule has 1 saturated heterocycles. The van der Waals surface area contributed by atoms with Gasteiger partial charge in [-0.3, -0.25) is 4.90 Å². The summed E-state index contributed by atoms with van der Waals surface area (Å²) >= 11 is 0. The van der Waals surface area contributed by atoms with Crippen LogP contribution in [-0.2, 0) is 6.54 Å². The Morgan fingerprint density at radius 3 is 3.05 bits per heavy atom. The molecule has 1 aromatic carbocycles. The van der Waals surface area contributed by atoms with Crippen LogP contribution in [0.25, 0.3) is 11.0 Å². The van der Waals surface area contributed by atoms with E-state index in [2.05, 4.69) is 27.4 Å². The molecule has 2 aromatic rings. The van der Waals surface area contributed by atoms with Crippen LogP contribution in [-0.4, -0.2) is 40.7 Å². The lowest BCUT2D eigenvalue weighted by Gasteiger charge is -2.23. The molecule has 0 amide bonds. The quantitative estimate of drug-likeness (QED) is 0.927. The van der Waals surface area contributed by atoms with E-state index >= 15 is 0 Å². The zero-order chi connectivity index (χ0) is 14.1. The molecule has 1 aliphatic heterocycles. The molecule has 0 saturated carbocycles. The Morgan fingerprint density at radius 1 is 1.45 bits per heavy atom. The Balaban J connectivity index is 1.97. The number of aromatic nitrogens is 2. The van der Waals surface area contributed by atoms with E-state index in [4.69, 9.17) is 10.5 Å². The first kappa shape index (κ1) is 13.2. The maximum absolute atomic E-state index is 6.12. The minimum atomic E-state index is 0.561. The van der Waals surface area contributed by atoms with E-state index in [0.29, 0.717) is 12.0 Å². The van der Waals surface area contributed by atoms with Crippen LogP contribution in [0, 0.1) is 0 Å². The summed E-state index contributed by atoms with van der Waals surface area (Å²) in [6.45, 7) is 5.41. The molecule has 0 aliphatic carbocycles. The zero-order valence-corrected chi connectivity index (χ0v) is 12.2. The maximum atomic E-state index is 6.12. The lowest BCUT2D eigenvalue weighted by molar-refractivity contribution is 0.246. The van der Waals surface area contributed by atoms with Gasteiger partial charge in [0.25, 0.3) is 0 Å². The number of para-hydroxylation sites is 1. The summed E-state index contributed by atoms with van der Waals surface area (Å²) in [5, 5.41) is 0. The number of benzene rings is 1. The number of hydrogen-bond acceptors (Lipinski definition) is 4. The highest BCUT2D eigenvalue weighted by molar-refractivity contribution is 5.84. The van der Waals surface area contributed by atoms with Crippen LogP contribution in [0.1, 0.15) is 19.8 Å². The van der Waals surface area contributed by atoms with E-state index < -0.39 is 0 Å². The van der Waals surface area contributed by atoms with Crippen molar-refractivity contribution in [1.82, 2.24) is 14.5 Å². The minimum Gasteiger partial charge on any atom is -0.494 e. The first-order valence-corrected chi connectivity index (χ1v) is 7.27. The summed E-state index contributed by atoms with van der Waals surface area (Å²) in [5.74, 6) is 1.36. The van der Waals surface area contributed by atoms with E-state index in [0.717, 1.165) is 29.9 Å². The number of imidazole rings is 1. The fourth-order valence-electron chi connectivity index (χ4n) is 3.22. The number of likely N-dealkylation sites (tertiary alicyclic amines) is 1. The molecule has 5 heteroatoms. The Hall–Kier alpha value is -1.75. The molecular weight excluding hydrogens is 252 g/mol. The molecule has 1 fully saturated rings. The van der Waals surface area contributed by atoms with Crippen LogP contribution >= 0.6 is 0 Å². The van der Waals surface area contributed by atoms with Gasteiger partial charge in [-0.05, 0) is 38.1 Å². The van der Waals surface area contributed by atoms with Gasteiger partial charge in [0.05, 0.1) is 12.6 Å². The molecule has 1 aromatic heterocycles. The number of nitrogens with zero attached hydrogens (tertiary/aromatic N) is 3. The first-order chi connectivity index (χ1) is 9.74. The van der Waals surface area contributed by atoms with Gasteiger partial charge in [-0.2, -0.15) is 0 Å². The zero-order valence-electron chi connectivity index (χ0n) is 12.2. The molecule has 1 atom stereocenters. The van der Waals surface area contributed by atoms with Crippen molar-refractivity contribution in [3.05, 3.63) is 18.2 Å². The summed E-state index contributed by atoms with van der Waals surface area (Å²) in [4.78, 5) is 6.99. The number of rotatable bonds is 4. The van der Waals surface area contributed by atoms with Gasteiger partial charge in [0.15, 0.2) is 0 Å². The average molecular weight is 274 g/mol. The van der Waals surface area contributed by atoms with E-state index in [1.807, 2.05) is 12.1 Å². The Labute approximate surface area is 119 Å². The molecule has 108 valence electrons. The number of nitrogens with two attached hydrogens (primary N) is 1. The van der Waals surface area contributed by atoms with Gasteiger partial charge in [-0.15, -0.1) is 0 Å². The molecule has 1 aliphatic rings. The maximum Gasteiger partial charge on any atom is 0.201 e. The van der Waals surface area contributed by atoms with Crippen LogP contribution in [0.3, 0.4) is 0 Å². The molecule has 0 radical (unpaired) electrons. The van der Waals surface area contributed by atoms with E-state index in [9.17, 15) is 0 Å². The molecule has 0 spiro atoms. The number of likely N-dealkylation sites (N-methyl/N-ethyl adjacent to an activating group) is 1. The molecule has 20 heavy (non-hydrogen) atoms. The van der Waals surface area contributed by atoms with Gasteiger partial charge in [0.2, 0.25) is 5.95 Å². The van der Waals surface area contributed by atoms with Crippen molar-refractivity contribution < 1.29 is 4.74 Å². The van der Waals surface area contributed by atoms with Crippen LogP contribution in [0.2, 0.25) is 0 Å². The lowest BCUT2D eigenvalue weighted by atomic mass is 10.2. The second-order valence-corrected chi connectivity index (χ2v) is 5.33. The average Bonchev–Trinajstić information content (AvgIpc) is 3.04.